The van der Waals surface area contributed by atoms with E-state index >= 15 is 0 Å². The second-order valence-electron chi connectivity index (χ2n) is 7.49. The Balaban J connectivity index is 1.36. The van der Waals surface area contributed by atoms with Gasteiger partial charge in [0.15, 0.2) is 0 Å². The number of fused-ring (bicyclic) bond motifs is 1. The number of amides is 2. The number of para-hydroxylation sites is 2. The van der Waals surface area contributed by atoms with Crippen molar-refractivity contribution in [1.82, 2.24) is 14.5 Å². The summed E-state index contributed by atoms with van der Waals surface area (Å²) in [7, 11) is 0. The lowest BCUT2D eigenvalue weighted by Crippen LogP contribution is -2.41. The molecular weight excluding hydrogens is 336 g/mol. The molecule has 0 atom stereocenters. The number of nitrogens with zero attached hydrogens (tertiary/aromatic N) is 3. The van der Waals surface area contributed by atoms with Crippen molar-refractivity contribution in [2.24, 2.45) is 5.92 Å². The highest BCUT2D eigenvalue weighted by Gasteiger charge is 2.24. The Kier molecular flexibility index (Phi) is 4.84. The standard InChI is InChI=1S/C22H26N4O/c1-16-6-5-7-19(14-16)24-22(27)25-12-10-18(11-13-25)15-26-17(2)23-20-8-3-4-9-21(20)26/h3-9,14,18H,10-13,15H2,1-2H3,(H,24,27). The third-order valence-corrected chi connectivity index (χ3v) is 5.46. The number of nitrogens with one attached hydrogen (secondary N) is 1. The van der Waals surface area contributed by atoms with Gasteiger partial charge in [0, 0.05) is 25.3 Å². The van der Waals surface area contributed by atoms with Crippen LogP contribution in [0.25, 0.3) is 11.0 Å². The minimum absolute atomic E-state index is 0.00307. The zero-order valence-corrected chi connectivity index (χ0v) is 16.0. The molecule has 0 saturated carbocycles. The fourth-order valence-electron chi connectivity index (χ4n) is 3.93. The van der Waals surface area contributed by atoms with Gasteiger partial charge in [-0.15, -0.1) is 0 Å². The van der Waals surface area contributed by atoms with E-state index in [0.717, 1.165) is 55.1 Å². The Labute approximate surface area is 160 Å². The minimum atomic E-state index is 0.00307. The van der Waals surface area contributed by atoms with Crippen molar-refractivity contribution >= 4 is 22.8 Å². The number of aryl methyl sites for hydroxylation is 2. The number of anilines is 1. The van der Waals surface area contributed by atoms with Crippen LogP contribution < -0.4 is 5.32 Å². The van der Waals surface area contributed by atoms with E-state index in [-0.39, 0.29) is 6.03 Å². The molecule has 1 aliphatic rings. The summed E-state index contributed by atoms with van der Waals surface area (Å²) < 4.78 is 2.32. The van der Waals surface area contributed by atoms with Gasteiger partial charge in [0.25, 0.3) is 0 Å². The average Bonchev–Trinajstić information content (AvgIpc) is 2.98. The van der Waals surface area contributed by atoms with Gasteiger partial charge in [0.1, 0.15) is 5.82 Å². The van der Waals surface area contributed by atoms with Gasteiger partial charge in [-0.05, 0) is 62.4 Å². The maximum absolute atomic E-state index is 12.5. The highest BCUT2D eigenvalue weighted by molar-refractivity contribution is 5.89. The molecule has 1 N–H and O–H groups in total. The first-order valence-electron chi connectivity index (χ1n) is 9.64. The lowest BCUT2D eigenvalue weighted by atomic mass is 9.96. The zero-order valence-electron chi connectivity index (χ0n) is 16.0. The number of rotatable bonds is 3. The molecule has 27 heavy (non-hydrogen) atoms. The van der Waals surface area contributed by atoms with Crippen molar-refractivity contribution < 1.29 is 4.79 Å². The number of likely N-dealkylation sites (tertiary alicyclic amines) is 1. The van der Waals surface area contributed by atoms with Crippen LogP contribution in [0.1, 0.15) is 24.2 Å². The van der Waals surface area contributed by atoms with Crippen LogP contribution in [0, 0.1) is 19.8 Å². The number of hydrogen-bond acceptors (Lipinski definition) is 2. The summed E-state index contributed by atoms with van der Waals surface area (Å²) in [4.78, 5) is 19.1. The number of imidazole rings is 1. The molecule has 4 rings (SSSR count). The molecule has 1 saturated heterocycles. The summed E-state index contributed by atoms with van der Waals surface area (Å²) in [5.74, 6) is 1.64. The average molecular weight is 362 g/mol. The fraction of sp³-hybridized carbons (Fsp3) is 0.364. The first kappa shape index (κ1) is 17.6. The molecule has 2 heterocycles. The normalized spacial score (nSPS) is 15.3. The van der Waals surface area contributed by atoms with Gasteiger partial charge in [0.2, 0.25) is 0 Å². The van der Waals surface area contributed by atoms with Crippen LogP contribution >= 0.6 is 0 Å². The van der Waals surface area contributed by atoms with E-state index in [1.54, 1.807) is 0 Å². The van der Waals surface area contributed by atoms with Crippen LogP contribution in [-0.4, -0.2) is 33.6 Å². The second-order valence-corrected chi connectivity index (χ2v) is 7.49. The van der Waals surface area contributed by atoms with Gasteiger partial charge >= 0.3 is 6.03 Å². The molecule has 2 amide bonds. The van der Waals surface area contributed by atoms with Gasteiger partial charge in [-0.1, -0.05) is 24.3 Å². The third kappa shape index (κ3) is 3.82. The van der Waals surface area contributed by atoms with Gasteiger partial charge in [-0.25, -0.2) is 9.78 Å². The number of aromatic nitrogens is 2. The molecule has 1 aromatic heterocycles. The molecule has 5 nitrogen and oxygen atoms in total. The summed E-state index contributed by atoms with van der Waals surface area (Å²) in [5.41, 5.74) is 4.27. The molecule has 0 bridgehead atoms. The Bertz CT molecular complexity index is 954. The van der Waals surface area contributed by atoms with E-state index < -0.39 is 0 Å². The van der Waals surface area contributed by atoms with Crippen molar-refractivity contribution in [3.63, 3.8) is 0 Å². The molecule has 0 spiro atoms. The molecule has 0 aliphatic carbocycles. The summed E-state index contributed by atoms with van der Waals surface area (Å²) in [5, 5.41) is 3.02. The van der Waals surface area contributed by atoms with Crippen LogP contribution in [0.5, 0.6) is 0 Å². The monoisotopic (exact) mass is 362 g/mol. The van der Waals surface area contributed by atoms with Crippen molar-refractivity contribution in [3.05, 3.63) is 59.9 Å². The van der Waals surface area contributed by atoms with Gasteiger partial charge in [-0.2, -0.15) is 0 Å². The quantitative estimate of drug-likeness (QED) is 0.740. The zero-order chi connectivity index (χ0) is 18.8. The van der Waals surface area contributed by atoms with Crippen molar-refractivity contribution in [1.29, 1.82) is 0 Å². The lowest BCUT2D eigenvalue weighted by molar-refractivity contribution is 0.177. The van der Waals surface area contributed by atoms with Gasteiger partial charge < -0.3 is 14.8 Å². The first-order valence-corrected chi connectivity index (χ1v) is 9.64. The molecule has 1 aliphatic heterocycles. The topological polar surface area (TPSA) is 50.2 Å². The minimum Gasteiger partial charge on any atom is -0.328 e. The van der Waals surface area contributed by atoms with Crippen LogP contribution in [0.2, 0.25) is 0 Å². The van der Waals surface area contributed by atoms with Gasteiger partial charge in [-0.3, -0.25) is 0 Å². The predicted octanol–water partition coefficient (Wildman–Crippen LogP) is 4.60. The summed E-state index contributed by atoms with van der Waals surface area (Å²) in [6.45, 7) is 6.68. The van der Waals surface area contributed by atoms with Crippen LogP contribution in [0.4, 0.5) is 10.5 Å². The maximum atomic E-state index is 12.5. The van der Waals surface area contributed by atoms with E-state index in [9.17, 15) is 4.79 Å². The van der Waals surface area contributed by atoms with E-state index in [2.05, 4.69) is 40.0 Å². The molecule has 2 aromatic carbocycles. The highest BCUT2D eigenvalue weighted by Crippen LogP contribution is 2.24. The first-order chi connectivity index (χ1) is 13.1. The third-order valence-electron chi connectivity index (χ3n) is 5.46. The largest absolute Gasteiger partial charge is 0.328 e. The fourth-order valence-corrected chi connectivity index (χ4v) is 3.93. The number of piperidine rings is 1. The lowest BCUT2D eigenvalue weighted by Gasteiger charge is -2.32. The predicted molar refractivity (Wildman–Crippen MR) is 109 cm³/mol. The molecular formula is C22H26N4O. The molecule has 140 valence electrons. The Morgan fingerprint density at radius 3 is 2.67 bits per heavy atom. The van der Waals surface area contributed by atoms with Crippen LogP contribution in [-0.2, 0) is 6.54 Å². The van der Waals surface area contributed by atoms with Crippen LogP contribution in [0.3, 0.4) is 0 Å². The number of carbonyl (C=O) groups excluding carboxylic acids is 1. The summed E-state index contributed by atoms with van der Waals surface area (Å²) >= 11 is 0. The molecule has 3 aromatic rings. The van der Waals surface area contributed by atoms with E-state index in [1.165, 1.54) is 5.52 Å². The number of benzene rings is 2. The summed E-state index contributed by atoms with van der Waals surface area (Å²) in [6, 6.07) is 16.2. The molecule has 1 fully saturated rings. The molecule has 5 heteroatoms. The molecule has 0 radical (unpaired) electrons. The SMILES string of the molecule is Cc1cccc(NC(=O)N2CCC(Cn3c(C)nc4ccccc43)CC2)c1. The second kappa shape index (κ2) is 7.43. The van der Waals surface area contributed by atoms with Crippen molar-refractivity contribution in [2.45, 2.75) is 33.2 Å². The van der Waals surface area contributed by atoms with Crippen LogP contribution in [0.15, 0.2) is 48.5 Å². The molecule has 0 unspecified atom stereocenters. The van der Waals surface area contributed by atoms with Crippen molar-refractivity contribution in [2.75, 3.05) is 18.4 Å². The smallest absolute Gasteiger partial charge is 0.321 e. The van der Waals surface area contributed by atoms with E-state index in [1.807, 2.05) is 42.2 Å². The van der Waals surface area contributed by atoms with E-state index in [0.29, 0.717) is 5.92 Å². The highest BCUT2D eigenvalue weighted by atomic mass is 16.2. The number of urea groups is 1. The van der Waals surface area contributed by atoms with Gasteiger partial charge in [0.05, 0.1) is 11.0 Å². The Hall–Kier alpha value is -2.82. The number of carbonyl (C=O) groups is 1. The number of hydrogen-bond donors (Lipinski definition) is 1. The Morgan fingerprint density at radius 1 is 1.11 bits per heavy atom. The maximum Gasteiger partial charge on any atom is 0.321 e. The van der Waals surface area contributed by atoms with E-state index in [4.69, 9.17) is 0 Å². The van der Waals surface area contributed by atoms with Crippen molar-refractivity contribution in [3.8, 4) is 0 Å². The Morgan fingerprint density at radius 2 is 1.89 bits per heavy atom. The summed E-state index contributed by atoms with van der Waals surface area (Å²) in [6.07, 6.45) is 2.04.